The summed E-state index contributed by atoms with van der Waals surface area (Å²) in [5.41, 5.74) is 12.7. The summed E-state index contributed by atoms with van der Waals surface area (Å²) in [5.74, 6) is -0.362. The van der Waals surface area contributed by atoms with Gasteiger partial charge in [0, 0.05) is 43.6 Å². The molecule has 0 aliphatic carbocycles. The van der Waals surface area contributed by atoms with Crippen molar-refractivity contribution in [1.29, 1.82) is 5.41 Å². The van der Waals surface area contributed by atoms with E-state index in [-0.39, 0.29) is 17.8 Å². The van der Waals surface area contributed by atoms with Gasteiger partial charge in [0.15, 0.2) is 11.1 Å². The summed E-state index contributed by atoms with van der Waals surface area (Å²) < 4.78 is 0. The molecule has 0 aliphatic heterocycles. The summed E-state index contributed by atoms with van der Waals surface area (Å²) >= 11 is 1.47. The number of aromatic nitrogens is 1. The van der Waals surface area contributed by atoms with Crippen LogP contribution in [0.5, 0.6) is 0 Å². The topological polar surface area (TPSA) is 136 Å². The first-order valence-electron chi connectivity index (χ1n) is 10.8. The number of thiazole rings is 1. The van der Waals surface area contributed by atoms with E-state index in [1.54, 1.807) is 14.1 Å². The average molecular weight is 480 g/mol. The number of nitrogens with two attached hydrogens (primary N) is 1. The third-order valence-electron chi connectivity index (χ3n) is 5.15. The Balaban J connectivity index is 1.74. The molecule has 0 saturated carbocycles. The zero-order chi connectivity index (χ0) is 24.7. The number of nitrogens with one attached hydrogen (secondary N) is 4. The van der Waals surface area contributed by atoms with E-state index in [1.807, 2.05) is 48.5 Å². The second-order valence-corrected chi connectivity index (χ2v) is 8.85. The Bertz CT molecular complexity index is 1160. The van der Waals surface area contributed by atoms with Gasteiger partial charge in [-0.1, -0.05) is 24.3 Å². The van der Waals surface area contributed by atoms with Crippen LogP contribution in [0.1, 0.15) is 39.0 Å². The van der Waals surface area contributed by atoms with Gasteiger partial charge in [0.25, 0.3) is 5.91 Å². The minimum atomic E-state index is -0.156. The number of benzene rings is 2. The van der Waals surface area contributed by atoms with Crippen LogP contribution < -0.4 is 21.8 Å². The van der Waals surface area contributed by atoms with Crippen LogP contribution in [-0.2, 0) is 24.1 Å². The summed E-state index contributed by atoms with van der Waals surface area (Å²) in [5, 5.41) is 14.9. The molecule has 178 valence electrons. The summed E-state index contributed by atoms with van der Waals surface area (Å²) in [6, 6.07) is 15.3. The second kappa shape index (κ2) is 11.4. The minimum absolute atomic E-state index is 0.100. The van der Waals surface area contributed by atoms with E-state index in [0.717, 1.165) is 33.8 Å². The predicted octanol–water partition coefficient (Wildman–Crippen LogP) is 2.99. The van der Waals surface area contributed by atoms with Gasteiger partial charge in [-0.05, 0) is 48.2 Å². The lowest BCUT2D eigenvalue weighted by Crippen LogP contribution is -2.36. The zero-order valence-corrected chi connectivity index (χ0v) is 20.3. The maximum Gasteiger partial charge on any atom is 0.267 e. The summed E-state index contributed by atoms with van der Waals surface area (Å²) in [6.45, 7) is 1.47. The maximum absolute atomic E-state index is 12.3. The van der Waals surface area contributed by atoms with Crippen molar-refractivity contribution in [3.05, 3.63) is 75.8 Å². The molecule has 0 atom stereocenters. The normalized spacial score (nSPS) is 10.6. The van der Waals surface area contributed by atoms with E-state index in [1.165, 1.54) is 23.3 Å². The predicted molar refractivity (Wildman–Crippen MR) is 136 cm³/mol. The highest BCUT2D eigenvalue weighted by atomic mass is 32.1. The molecule has 34 heavy (non-hydrogen) atoms. The Morgan fingerprint density at radius 3 is 2.26 bits per heavy atom. The number of anilines is 2. The van der Waals surface area contributed by atoms with Crippen LogP contribution in [0, 0.1) is 5.41 Å². The highest BCUT2D eigenvalue weighted by Crippen LogP contribution is 2.27. The molecule has 10 heteroatoms. The van der Waals surface area contributed by atoms with Crippen LogP contribution in [0.4, 0.5) is 10.8 Å². The van der Waals surface area contributed by atoms with Crippen LogP contribution in [-0.4, -0.2) is 41.9 Å². The molecule has 0 aliphatic rings. The van der Waals surface area contributed by atoms with Gasteiger partial charge >= 0.3 is 0 Å². The Morgan fingerprint density at radius 2 is 1.68 bits per heavy atom. The third kappa shape index (κ3) is 6.87. The van der Waals surface area contributed by atoms with Crippen molar-refractivity contribution in [2.75, 3.05) is 24.7 Å². The fourth-order valence-corrected chi connectivity index (χ4v) is 4.43. The van der Waals surface area contributed by atoms with Crippen molar-refractivity contribution in [1.82, 2.24) is 15.4 Å². The highest BCUT2D eigenvalue weighted by Gasteiger charge is 2.14. The van der Waals surface area contributed by atoms with Crippen molar-refractivity contribution in [3.63, 3.8) is 0 Å². The summed E-state index contributed by atoms with van der Waals surface area (Å²) in [6.07, 6.45) is 2.15. The number of hydrogen-bond acceptors (Lipinski definition) is 6. The van der Waals surface area contributed by atoms with Crippen LogP contribution in [0.3, 0.4) is 0 Å². The number of carbonyl (C=O) groups excluding carboxylic acids is 2. The molecule has 6 N–H and O–H groups in total. The number of carbonyl (C=O) groups is 2. The second-order valence-electron chi connectivity index (χ2n) is 7.77. The maximum atomic E-state index is 12.3. The molecule has 0 spiro atoms. The lowest BCUT2D eigenvalue weighted by atomic mass is 10.0. The Labute approximate surface area is 202 Å². The number of amides is 2. The molecule has 0 unspecified atom stereocenters. The van der Waals surface area contributed by atoms with E-state index in [0.29, 0.717) is 23.5 Å². The van der Waals surface area contributed by atoms with Crippen molar-refractivity contribution in [2.45, 2.75) is 26.2 Å². The Hall–Kier alpha value is -3.76. The molecule has 0 fully saturated rings. The Kier molecular flexibility index (Phi) is 8.34. The molecule has 0 radical (unpaired) electrons. The van der Waals surface area contributed by atoms with Crippen molar-refractivity contribution in [3.8, 4) is 0 Å². The molecule has 0 saturated heterocycles. The van der Waals surface area contributed by atoms with Crippen molar-refractivity contribution in [2.24, 2.45) is 5.73 Å². The molecule has 1 heterocycles. The zero-order valence-electron chi connectivity index (χ0n) is 19.4. The first-order valence-corrected chi connectivity index (χ1v) is 11.6. The number of hydrogen-bond donors (Lipinski definition) is 5. The number of hydrazine groups is 1. The fraction of sp³-hybridized carbons (Fsp3) is 0.250. The molecular weight excluding hydrogens is 450 g/mol. The average Bonchev–Trinajstić information content (AvgIpc) is 3.17. The van der Waals surface area contributed by atoms with Crippen molar-refractivity contribution < 1.29 is 9.59 Å². The Morgan fingerprint density at radius 1 is 1.03 bits per heavy atom. The SMILES string of the molecule is CNN(C)C(=O)c1ccc(Cc2sc(NC(C)=O)nc2CCc2ccc(NC(=N)N)cc2)cc1. The molecule has 0 bridgehead atoms. The first kappa shape index (κ1) is 24.9. The number of rotatable bonds is 9. The van der Waals surface area contributed by atoms with Crippen LogP contribution in [0.15, 0.2) is 48.5 Å². The third-order valence-corrected chi connectivity index (χ3v) is 6.16. The van der Waals surface area contributed by atoms with Crippen LogP contribution in [0.25, 0.3) is 0 Å². The van der Waals surface area contributed by atoms with Crippen molar-refractivity contribution >= 4 is 39.9 Å². The van der Waals surface area contributed by atoms with E-state index < -0.39 is 0 Å². The van der Waals surface area contributed by atoms with Gasteiger partial charge in [0.2, 0.25) is 5.91 Å². The molecule has 2 amide bonds. The van der Waals surface area contributed by atoms with Crippen LogP contribution >= 0.6 is 11.3 Å². The quantitative estimate of drug-likeness (QED) is 0.182. The lowest BCUT2D eigenvalue weighted by Gasteiger charge is -2.15. The lowest BCUT2D eigenvalue weighted by molar-refractivity contribution is -0.114. The van der Waals surface area contributed by atoms with Gasteiger partial charge < -0.3 is 16.4 Å². The number of aryl methyl sites for hydroxylation is 2. The summed E-state index contributed by atoms with van der Waals surface area (Å²) in [4.78, 5) is 29.6. The van der Waals surface area contributed by atoms with Gasteiger partial charge in [0.05, 0.1) is 5.69 Å². The number of nitrogens with zero attached hydrogens (tertiary/aromatic N) is 2. The smallest absolute Gasteiger partial charge is 0.267 e. The largest absolute Gasteiger partial charge is 0.370 e. The van der Waals surface area contributed by atoms with E-state index in [4.69, 9.17) is 11.1 Å². The molecule has 2 aromatic carbocycles. The standard InChI is InChI=1S/C24H29N7O2S/c1-15(32)28-24-30-20(13-8-16-6-11-19(12-7-16)29-23(25)26)21(34-24)14-17-4-9-18(10-5-17)22(33)31(3)27-2/h4-7,9-12,27H,8,13-14H2,1-3H3,(H4,25,26,29)(H,28,30,32). The van der Waals surface area contributed by atoms with E-state index >= 15 is 0 Å². The van der Waals surface area contributed by atoms with Gasteiger partial charge in [-0.3, -0.25) is 20.0 Å². The molecular formula is C24H29N7O2S. The van der Waals surface area contributed by atoms with Gasteiger partial charge in [-0.2, -0.15) is 0 Å². The minimum Gasteiger partial charge on any atom is -0.370 e. The van der Waals surface area contributed by atoms with Gasteiger partial charge in [-0.15, -0.1) is 11.3 Å². The van der Waals surface area contributed by atoms with E-state index in [2.05, 4.69) is 21.0 Å². The van der Waals surface area contributed by atoms with E-state index in [9.17, 15) is 9.59 Å². The first-order chi connectivity index (χ1) is 16.2. The molecule has 1 aromatic heterocycles. The van der Waals surface area contributed by atoms with Gasteiger partial charge in [0.1, 0.15) is 0 Å². The highest BCUT2D eigenvalue weighted by molar-refractivity contribution is 7.15. The number of guanidine groups is 1. The summed E-state index contributed by atoms with van der Waals surface area (Å²) in [7, 11) is 3.37. The molecule has 3 rings (SSSR count). The van der Waals surface area contributed by atoms with Crippen LogP contribution in [0.2, 0.25) is 0 Å². The molecule has 9 nitrogen and oxygen atoms in total. The molecule has 3 aromatic rings. The fourth-order valence-electron chi connectivity index (χ4n) is 3.34. The van der Waals surface area contributed by atoms with Gasteiger partial charge in [-0.25, -0.2) is 10.4 Å². The monoisotopic (exact) mass is 479 g/mol.